The summed E-state index contributed by atoms with van der Waals surface area (Å²) in [6.07, 6.45) is 0. The summed E-state index contributed by atoms with van der Waals surface area (Å²) in [6, 6.07) is 5.27. The number of halogens is 1. The largest absolute Gasteiger partial charge is 0.491 e. The van der Waals surface area contributed by atoms with E-state index in [1.165, 1.54) is 12.1 Å². The van der Waals surface area contributed by atoms with Crippen LogP contribution in [-0.2, 0) is 4.79 Å². The maximum atomic E-state index is 12.9. The lowest BCUT2D eigenvalue weighted by atomic mass is 10.2. The van der Waals surface area contributed by atoms with Crippen LogP contribution in [0, 0.1) is 5.82 Å². The second-order valence-corrected chi connectivity index (χ2v) is 4.04. The van der Waals surface area contributed by atoms with Crippen molar-refractivity contribution in [3.05, 3.63) is 30.1 Å². The summed E-state index contributed by atoms with van der Waals surface area (Å²) < 4.78 is 18.2. The molecule has 5 heteroatoms. The first-order chi connectivity index (χ1) is 7.99. The number of nitrogens with two attached hydrogens (primary N) is 1. The quantitative estimate of drug-likeness (QED) is 0.781. The van der Waals surface area contributed by atoms with Crippen LogP contribution in [-0.4, -0.2) is 24.6 Å². The molecule has 0 heterocycles. The van der Waals surface area contributed by atoms with E-state index in [0.717, 1.165) is 0 Å². The van der Waals surface area contributed by atoms with Gasteiger partial charge in [-0.3, -0.25) is 4.79 Å². The number of benzene rings is 1. The Hall–Kier alpha value is -1.62. The summed E-state index contributed by atoms with van der Waals surface area (Å²) in [5.74, 6) is -0.494. The highest BCUT2D eigenvalue weighted by Crippen LogP contribution is 2.12. The minimum atomic E-state index is -0.585. The van der Waals surface area contributed by atoms with Crippen LogP contribution in [0.4, 0.5) is 4.39 Å². The zero-order valence-electron chi connectivity index (χ0n) is 9.94. The van der Waals surface area contributed by atoms with E-state index in [1.54, 1.807) is 12.1 Å². The third kappa shape index (κ3) is 4.82. The fourth-order valence-electron chi connectivity index (χ4n) is 1.35. The van der Waals surface area contributed by atoms with Crippen LogP contribution in [0.3, 0.4) is 0 Å². The third-order valence-corrected chi connectivity index (χ3v) is 2.09. The van der Waals surface area contributed by atoms with Crippen molar-refractivity contribution in [3.8, 4) is 5.75 Å². The molecule has 0 saturated heterocycles. The molecule has 1 amide bonds. The van der Waals surface area contributed by atoms with Gasteiger partial charge in [0.15, 0.2) is 0 Å². The number of hydrogen-bond acceptors (Lipinski definition) is 3. The number of hydrogen-bond donors (Lipinski definition) is 2. The van der Waals surface area contributed by atoms with Gasteiger partial charge in [-0.05, 0) is 12.1 Å². The van der Waals surface area contributed by atoms with Gasteiger partial charge in [-0.1, -0.05) is 19.9 Å². The standard InChI is InChI=1S/C12H17FN2O2/c1-8(2)15-11(12(14)16)7-17-10-5-3-4-9(13)6-10/h3-6,8,11,15H,7H2,1-2H3,(H2,14,16). The number of primary amides is 1. The minimum Gasteiger partial charge on any atom is -0.491 e. The molecule has 0 saturated carbocycles. The van der Waals surface area contributed by atoms with Gasteiger partial charge < -0.3 is 15.8 Å². The van der Waals surface area contributed by atoms with Crippen LogP contribution in [0.1, 0.15) is 13.8 Å². The second-order valence-electron chi connectivity index (χ2n) is 4.04. The molecule has 1 rings (SSSR count). The second kappa shape index (κ2) is 6.20. The maximum Gasteiger partial charge on any atom is 0.238 e. The van der Waals surface area contributed by atoms with Gasteiger partial charge in [0.05, 0.1) is 0 Å². The fraction of sp³-hybridized carbons (Fsp3) is 0.417. The van der Waals surface area contributed by atoms with Crippen molar-refractivity contribution >= 4 is 5.91 Å². The fourth-order valence-corrected chi connectivity index (χ4v) is 1.35. The van der Waals surface area contributed by atoms with Gasteiger partial charge in [0, 0.05) is 12.1 Å². The van der Waals surface area contributed by atoms with Gasteiger partial charge in [-0.2, -0.15) is 0 Å². The minimum absolute atomic E-state index is 0.0803. The van der Waals surface area contributed by atoms with Gasteiger partial charge in [0.1, 0.15) is 24.2 Å². The van der Waals surface area contributed by atoms with E-state index in [-0.39, 0.29) is 18.5 Å². The molecule has 1 atom stereocenters. The molecule has 0 aliphatic carbocycles. The highest BCUT2D eigenvalue weighted by atomic mass is 19.1. The van der Waals surface area contributed by atoms with Crippen LogP contribution in [0.5, 0.6) is 5.75 Å². The van der Waals surface area contributed by atoms with Crippen molar-refractivity contribution < 1.29 is 13.9 Å². The van der Waals surface area contributed by atoms with Gasteiger partial charge in [-0.15, -0.1) is 0 Å². The molecule has 1 aromatic rings. The first kappa shape index (κ1) is 13.4. The molecule has 4 nitrogen and oxygen atoms in total. The molecule has 0 radical (unpaired) electrons. The Bertz CT molecular complexity index is 383. The van der Waals surface area contributed by atoms with Crippen LogP contribution >= 0.6 is 0 Å². The Labute approximate surface area is 100.0 Å². The number of ether oxygens (including phenoxy) is 1. The van der Waals surface area contributed by atoms with Crippen molar-refractivity contribution in [2.24, 2.45) is 5.73 Å². The Kier molecular flexibility index (Phi) is 4.90. The van der Waals surface area contributed by atoms with E-state index >= 15 is 0 Å². The molecule has 0 aliphatic rings. The molecule has 0 fully saturated rings. The molecule has 3 N–H and O–H groups in total. The zero-order valence-corrected chi connectivity index (χ0v) is 9.94. The first-order valence-electron chi connectivity index (χ1n) is 5.42. The van der Waals surface area contributed by atoms with Crippen LogP contribution < -0.4 is 15.8 Å². The average Bonchev–Trinajstić information content (AvgIpc) is 2.23. The lowest BCUT2D eigenvalue weighted by molar-refractivity contribution is -0.120. The smallest absolute Gasteiger partial charge is 0.238 e. The summed E-state index contributed by atoms with van der Waals surface area (Å²) in [5.41, 5.74) is 5.22. The van der Waals surface area contributed by atoms with E-state index < -0.39 is 11.9 Å². The lowest BCUT2D eigenvalue weighted by Gasteiger charge is -2.18. The Morgan fingerprint density at radius 2 is 2.24 bits per heavy atom. The highest BCUT2D eigenvalue weighted by Gasteiger charge is 2.16. The van der Waals surface area contributed by atoms with Crippen molar-refractivity contribution in [2.75, 3.05) is 6.61 Å². The number of amides is 1. The predicted molar refractivity (Wildman–Crippen MR) is 63.1 cm³/mol. The molecule has 1 unspecified atom stereocenters. The molecule has 0 aliphatic heterocycles. The third-order valence-electron chi connectivity index (χ3n) is 2.09. The molecule has 1 aromatic carbocycles. The molecule has 0 spiro atoms. The SMILES string of the molecule is CC(C)NC(COc1cccc(F)c1)C(N)=O. The normalized spacial score (nSPS) is 12.5. The van der Waals surface area contributed by atoms with Gasteiger partial charge in [0.2, 0.25) is 5.91 Å². The number of carbonyl (C=O) groups excluding carboxylic acids is 1. The maximum absolute atomic E-state index is 12.9. The van der Waals surface area contributed by atoms with Gasteiger partial charge >= 0.3 is 0 Å². The number of carbonyl (C=O) groups is 1. The monoisotopic (exact) mass is 240 g/mol. The summed E-state index contributed by atoms with van der Waals surface area (Å²) >= 11 is 0. The lowest BCUT2D eigenvalue weighted by Crippen LogP contribution is -2.48. The highest BCUT2D eigenvalue weighted by molar-refractivity contribution is 5.80. The Morgan fingerprint density at radius 3 is 2.76 bits per heavy atom. The van der Waals surface area contributed by atoms with E-state index in [9.17, 15) is 9.18 Å². The average molecular weight is 240 g/mol. The number of nitrogens with one attached hydrogen (secondary N) is 1. The summed E-state index contributed by atoms with van der Waals surface area (Å²) in [6.45, 7) is 3.88. The van der Waals surface area contributed by atoms with Crippen molar-refractivity contribution in [1.82, 2.24) is 5.32 Å². The molecule has 17 heavy (non-hydrogen) atoms. The number of rotatable bonds is 6. The molecule has 0 aromatic heterocycles. The zero-order chi connectivity index (χ0) is 12.8. The predicted octanol–water partition coefficient (Wildman–Crippen LogP) is 1.06. The molecular weight excluding hydrogens is 223 g/mol. The molecular formula is C12H17FN2O2. The van der Waals surface area contributed by atoms with Crippen LogP contribution in [0.25, 0.3) is 0 Å². The van der Waals surface area contributed by atoms with Crippen molar-refractivity contribution in [1.29, 1.82) is 0 Å². The topological polar surface area (TPSA) is 64.3 Å². The molecule has 0 bridgehead atoms. The van der Waals surface area contributed by atoms with Crippen LogP contribution in [0.2, 0.25) is 0 Å². The summed E-state index contributed by atoms with van der Waals surface area (Å²) in [4.78, 5) is 11.1. The van der Waals surface area contributed by atoms with E-state index in [4.69, 9.17) is 10.5 Å². The van der Waals surface area contributed by atoms with Crippen LogP contribution in [0.15, 0.2) is 24.3 Å². The summed E-state index contributed by atoms with van der Waals surface area (Å²) in [5, 5.41) is 2.97. The van der Waals surface area contributed by atoms with Crippen molar-refractivity contribution in [3.63, 3.8) is 0 Å². The molecule has 94 valence electrons. The van der Waals surface area contributed by atoms with E-state index in [1.807, 2.05) is 13.8 Å². The van der Waals surface area contributed by atoms with E-state index in [0.29, 0.717) is 5.75 Å². The first-order valence-corrected chi connectivity index (χ1v) is 5.42. The van der Waals surface area contributed by atoms with Crippen molar-refractivity contribution in [2.45, 2.75) is 25.9 Å². The Morgan fingerprint density at radius 1 is 1.53 bits per heavy atom. The summed E-state index contributed by atoms with van der Waals surface area (Å²) in [7, 11) is 0. The van der Waals surface area contributed by atoms with E-state index in [2.05, 4.69) is 5.32 Å². The van der Waals surface area contributed by atoms with Gasteiger partial charge in [0.25, 0.3) is 0 Å². The Balaban J connectivity index is 2.54. The van der Waals surface area contributed by atoms with Gasteiger partial charge in [-0.25, -0.2) is 4.39 Å².